The molecule has 2 rings (SSSR count). The molecule has 1 aromatic rings. The molecule has 5 atom stereocenters. The fraction of sp³-hybridized carbons (Fsp3) is 0.750. The lowest BCUT2D eigenvalue weighted by atomic mass is 10.00. The van der Waals surface area contributed by atoms with Gasteiger partial charge in [-0.2, -0.15) is 0 Å². The zero-order valence-corrected chi connectivity index (χ0v) is 19.5. The van der Waals surface area contributed by atoms with Crippen molar-refractivity contribution in [3.05, 3.63) is 30.3 Å². The third-order valence-corrected chi connectivity index (χ3v) is 6.30. The summed E-state index contributed by atoms with van der Waals surface area (Å²) in [6, 6.07) is 10.4. The van der Waals surface area contributed by atoms with Gasteiger partial charge in [-0.3, -0.25) is 0 Å². The van der Waals surface area contributed by atoms with Crippen molar-refractivity contribution in [2.24, 2.45) is 0 Å². The highest BCUT2D eigenvalue weighted by Crippen LogP contribution is 2.37. The van der Waals surface area contributed by atoms with Crippen LogP contribution in [0.15, 0.2) is 35.2 Å². The van der Waals surface area contributed by atoms with Gasteiger partial charge in [0.05, 0.1) is 6.10 Å². The van der Waals surface area contributed by atoms with Gasteiger partial charge >= 0.3 is 0 Å². The summed E-state index contributed by atoms with van der Waals surface area (Å²) < 4.78 is 25.5. The highest BCUT2D eigenvalue weighted by molar-refractivity contribution is 7.99. The first-order chi connectivity index (χ1) is 14.2. The number of unbranched alkanes of at least 4 members (excludes halogenated alkanes) is 3. The third kappa shape index (κ3) is 8.22. The van der Waals surface area contributed by atoms with Crippen LogP contribution in [0.2, 0.25) is 0 Å². The van der Waals surface area contributed by atoms with Crippen molar-refractivity contribution in [1.82, 2.24) is 0 Å². The molecule has 0 aromatic heterocycles. The monoisotopic (exact) mass is 424 g/mol. The fourth-order valence-electron chi connectivity index (χ4n) is 3.39. The Bertz CT molecular complexity index is 527. The minimum atomic E-state index is -0.147. The number of thioether (sulfide) groups is 1. The predicted molar refractivity (Wildman–Crippen MR) is 121 cm³/mol. The Morgan fingerprint density at radius 3 is 1.83 bits per heavy atom. The molecule has 29 heavy (non-hydrogen) atoms. The van der Waals surface area contributed by atoms with Gasteiger partial charge < -0.3 is 18.9 Å². The summed E-state index contributed by atoms with van der Waals surface area (Å²) in [6.45, 7) is 10.9. The first-order valence-corrected chi connectivity index (χ1v) is 12.3. The summed E-state index contributed by atoms with van der Waals surface area (Å²) in [4.78, 5) is 1.19. The standard InChI is InChI=1S/C24H40O4S/c1-5-8-16-25-21-19(4)28-24(29-20-14-12-11-13-15-20)23(27-18-10-7-3)22(21)26-17-9-6-2/h11-15,19,21-24H,5-10,16-18H2,1-4H3. The molecule has 4 nitrogen and oxygen atoms in total. The van der Waals surface area contributed by atoms with Crippen molar-refractivity contribution in [2.45, 2.75) is 101 Å². The molecule has 1 aliphatic heterocycles. The molecule has 0 N–H and O–H groups in total. The maximum Gasteiger partial charge on any atom is 0.136 e. The SMILES string of the molecule is CCCCOC1C(C)OC(Sc2ccccc2)C(OCCCC)C1OCCCC. The Morgan fingerprint density at radius 2 is 1.28 bits per heavy atom. The van der Waals surface area contributed by atoms with Gasteiger partial charge in [-0.25, -0.2) is 0 Å². The number of hydrogen-bond donors (Lipinski definition) is 0. The lowest BCUT2D eigenvalue weighted by Crippen LogP contribution is -2.58. The molecule has 1 heterocycles. The average Bonchev–Trinajstić information content (AvgIpc) is 2.73. The molecule has 1 aromatic carbocycles. The van der Waals surface area contributed by atoms with E-state index in [0.717, 1.165) is 58.3 Å². The molecule has 166 valence electrons. The number of rotatable bonds is 14. The summed E-state index contributed by atoms with van der Waals surface area (Å²) >= 11 is 1.73. The molecule has 0 amide bonds. The summed E-state index contributed by atoms with van der Waals surface area (Å²) in [7, 11) is 0. The highest BCUT2D eigenvalue weighted by Gasteiger charge is 2.46. The van der Waals surface area contributed by atoms with E-state index in [1.807, 2.05) is 6.07 Å². The van der Waals surface area contributed by atoms with Gasteiger partial charge in [-0.1, -0.05) is 70.0 Å². The van der Waals surface area contributed by atoms with Gasteiger partial charge in [-0.15, -0.1) is 0 Å². The summed E-state index contributed by atoms with van der Waals surface area (Å²) in [5.74, 6) is 0. The van der Waals surface area contributed by atoms with E-state index >= 15 is 0 Å². The molecule has 1 saturated heterocycles. The minimum Gasteiger partial charge on any atom is -0.373 e. The molecule has 0 saturated carbocycles. The van der Waals surface area contributed by atoms with Gasteiger partial charge in [0.2, 0.25) is 0 Å². The largest absolute Gasteiger partial charge is 0.373 e. The predicted octanol–water partition coefficient (Wildman–Crippen LogP) is 6.08. The van der Waals surface area contributed by atoms with Gasteiger partial charge in [0, 0.05) is 24.7 Å². The lowest BCUT2D eigenvalue weighted by Gasteiger charge is -2.45. The van der Waals surface area contributed by atoms with Gasteiger partial charge in [0.15, 0.2) is 0 Å². The van der Waals surface area contributed by atoms with Crippen LogP contribution in [0.1, 0.15) is 66.2 Å². The topological polar surface area (TPSA) is 36.9 Å². The normalized spacial score (nSPS) is 27.2. The van der Waals surface area contributed by atoms with Crippen LogP contribution in [-0.4, -0.2) is 49.7 Å². The third-order valence-electron chi connectivity index (χ3n) is 5.15. The van der Waals surface area contributed by atoms with Crippen LogP contribution in [0.4, 0.5) is 0 Å². The van der Waals surface area contributed by atoms with E-state index in [1.54, 1.807) is 11.8 Å². The fourth-order valence-corrected chi connectivity index (χ4v) is 4.57. The molecule has 0 bridgehead atoms. The smallest absolute Gasteiger partial charge is 0.136 e. The Labute approximate surface area is 182 Å². The Balaban J connectivity index is 2.18. The second kappa shape index (κ2) is 14.4. The summed E-state index contributed by atoms with van der Waals surface area (Å²) in [5.41, 5.74) is -0.109. The van der Waals surface area contributed by atoms with Crippen molar-refractivity contribution >= 4 is 11.8 Å². The van der Waals surface area contributed by atoms with Crippen molar-refractivity contribution in [1.29, 1.82) is 0 Å². The minimum absolute atomic E-state index is 0.0364. The molecule has 1 fully saturated rings. The van der Waals surface area contributed by atoms with Gasteiger partial charge in [0.25, 0.3) is 0 Å². The molecule has 0 aliphatic carbocycles. The van der Waals surface area contributed by atoms with Crippen LogP contribution in [0.25, 0.3) is 0 Å². The van der Waals surface area contributed by atoms with Crippen LogP contribution in [-0.2, 0) is 18.9 Å². The van der Waals surface area contributed by atoms with Crippen LogP contribution >= 0.6 is 11.8 Å². The maximum absolute atomic E-state index is 6.45. The Morgan fingerprint density at radius 1 is 0.759 bits per heavy atom. The second-order valence-electron chi connectivity index (χ2n) is 7.71. The second-order valence-corrected chi connectivity index (χ2v) is 8.88. The van der Waals surface area contributed by atoms with E-state index in [9.17, 15) is 0 Å². The van der Waals surface area contributed by atoms with E-state index in [2.05, 4.69) is 52.0 Å². The first-order valence-electron chi connectivity index (χ1n) is 11.4. The first kappa shape index (κ1) is 24.7. The van der Waals surface area contributed by atoms with E-state index in [0.29, 0.717) is 0 Å². The van der Waals surface area contributed by atoms with Crippen LogP contribution < -0.4 is 0 Å². The molecule has 5 unspecified atom stereocenters. The van der Waals surface area contributed by atoms with Crippen LogP contribution in [0, 0.1) is 0 Å². The van der Waals surface area contributed by atoms with E-state index in [1.165, 1.54) is 4.90 Å². The number of ether oxygens (including phenoxy) is 4. The van der Waals surface area contributed by atoms with Crippen molar-refractivity contribution in [3.63, 3.8) is 0 Å². The Kier molecular flexibility index (Phi) is 12.3. The summed E-state index contributed by atoms with van der Waals surface area (Å²) in [5, 5.41) is 0. The summed E-state index contributed by atoms with van der Waals surface area (Å²) in [6.07, 6.45) is 6.08. The number of benzene rings is 1. The molecular weight excluding hydrogens is 384 g/mol. The lowest BCUT2D eigenvalue weighted by molar-refractivity contribution is -0.235. The average molecular weight is 425 g/mol. The Hall–Kier alpha value is -0.590. The molecule has 0 spiro atoms. The van der Waals surface area contributed by atoms with Crippen LogP contribution in [0.5, 0.6) is 0 Å². The molecule has 0 radical (unpaired) electrons. The maximum atomic E-state index is 6.45. The van der Waals surface area contributed by atoms with Gasteiger partial charge in [0.1, 0.15) is 23.7 Å². The highest BCUT2D eigenvalue weighted by atomic mass is 32.2. The van der Waals surface area contributed by atoms with Crippen molar-refractivity contribution < 1.29 is 18.9 Å². The van der Waals surface area contributed by atoms with E-state index in [4.69, 9.17) is 18.9 Å². The van der Waals surface area contributed by atoms with Crippen molar-refractivity contribution in [3.8, 4) is 0 Å². The quantitative estimate of drug-likeness (QED) is 0.338. The zero-order valence-electron chi connectivity index (χ0n) is 18.7. The van der Waals surface area contributed by atoms with Crippen LogP contribution in [0.3, 0.4) is 0 Å². The molecular formula is C24H40O4S. The molecule has 1 aliphatic rings. The van der Waals surface area contributed by atoms with Gasteiger partial charge in [-0.05, 0) is 38.3 Å². The van der Waals surface area contributed by atoms with Crippen molar-refractivity contribution in [2.75, 3.05) is 19.8 Å². The van der Waals surface area contributed by atoms with E-state index in [-0.39, 0.29) is 29.9 Å². The zero-order chi connectivity index (χ0) is 20.9. The number of hydrogen-bond acceptors (Lipinski definition) is 5. The van der Waals surface area contributed by atoms with E-state index < -0.39 is 0 Å². The molecule has 5 heteroatoms.